The maximum atomic E-state index is 2.34. The second-order valence-electron chi connectivity index (χ2n) is 7.28. The summed E-state index contributed by atoms with van der Waals surface area (Å²) in [4.78, 5) is 0. The normalized spacial score (nSPS) is 12.0. The molecule has 0 aliphatic rings. The van der Waals surface area contributed by atoms with Crippen LogP contribution < -0.4 is 0 Å². The summed E-state index contributed by atoms with van der Waals surface area (Å²) in [7, 11) is 0. The summed E-state index contributed by atoms with van der Waals surface area (Å²) in [5.74, 6) is 1.47. The predicted octanol–water partition coefficient (Wildman–Crippen LogP) is 6.37. The lowest BCUT2D eigenvalue weighted by Crippen LogP contribution is -2.10. The SMILES string of the molecule is C[C-](CC(C)(C)C)c1ccc2cc3ccccc3cc2c1. The van der Waals surface area contributed by atoms with Crippen molar-refractivity contribution in [2.75, 3.05) is 0 Å². The molecule has 0 amide bonds. The highest BCUT2D eigenvalue weighted by Crippen LogP contribution is 2.32. The molecule has 0 heteroatoms. The van der Waals surface area contributed by atoms with Gasteiger partial charge in [-0.25, -0.2) is 0 Å². The Morgan fingerprint density at radius 2 is 1.33 bits per heavy atom. The quantitative estimate of drug-likeness (QED) is 0.376. The molecule has 0 atom stereocenters. The summed E-state index contributed by atoms with van der Waals surface area (Å²) in [5, 5.41) is 5.28. The van der Waals surface area contributed by atoms with Crippen molar-refractivity contribution in [3.63, 3.8) is 0 Å². The van der Waals surface area contributed by atoms with Crippen molar-refractivity contribution in [1.82, 2.24) is 0 Å². The zero-order chi connectivity index (χ0) is 15.0. The average molecular weight is 275 g/mol. The lowest BCUT2D eigenvalue weighted by molar-refractivity contribution is 0.393. The highest BCUT2D eigenvalue weighted by atomic mass is 14.2. The largest absolute Gasteiger partial charge is 0.188 e. The van der Waals surface area contributed by atoms with Gasteiger partial charge in [0, 0.05) is 0 Å². The molecular formula is C21H23-. The van der Waals surface area contributed by atoms with Crippen molar-refractivity contribution in [1.29, 1.82) is 0 Å². The van der Waals surface area contributed by atoms with Crippen LogP contribution in [0.3, 0.4) is 0 Å². The van der Waals surface area contributed by atoms with E-state index in [1.807, 2.05) is 0 Å². The topological polar surface area (TPSA) is 0 Å². The molecule has 3 aromatic carbocycles. The fourth-order valence-corrected chi connectivity index (χ4v) is 3.10. The molecule has 0 aliphatic carbocycles. The van der Waals surface area contributed by atoms with Gasteiger partial charge in [0.25, 0.3) is 0 Å². The van der Waals surface area contributed by atoms with E-state index in [1.165, 1.54) is 33.0 Å². The van der Waals surface area contributed by atoms with E-state index in [-0.39, 0.29) is 0 Å². The number of hydrogen-bond acceptors (Lipinski definition) is 0. The van der Waals surface area contributed by atoms with E-state index in [0.717, 1.165) is 6.42 Å². The molecule has 3 aromatic rings. The minimum atomic E-state index is 0.336. The molecule has 3 rings (SSSR count). The third-order valence-electron chi connectivity index (χ3n) is 3.99. The molecule has 0 fully saturated rings. The molecule has 0 N–H and O–H groups in total. The van der Waals surface area contributed by atoms with Gasteiger partial charge >= 0.3 is 0 Å². The second-order valence-corrected chi connectivity index (χ2v) is 7.28. The van der Waals surface area contributed by atoms with Crippen LogP contribution in [0.1, 0.15) is 39.7 Å². The van der Waals surface area contributed by atoms with Gasteiger partial charge in [0.2, 0.25) is 0 Å². The summed E-state index contributed by atoms with van der Waals surface area (Å²) in [6, 6.07) is 20.0. The molecule has 0 saturated carbocycles. The van der Waals surface area contributed by atoms with Crippen molar-refractivity contribution in [3.05, 3.63) is 66.1 Å². The first-order valence-electron chi connectivity index (χ1n) is 7.68. The first-order chi connectivity index (χ1) is 9.92. The minimum absolute atomic E-state index is 0.336. The molecule has 108 valence electrons. The predicted molar refractivity (Wildman–Crippen MR) is 93.5 cm³/mol. The Labute approximate surface area is 127 Å². The number of fused-ring (bicyclic) bond motifs is 2. The first-order valence-corrected chi connectivity index (χ1v) is 7.68. The van der Waals surface area contributed by atoms with Crippen molar-refractivity contribution in [2.45, 2.75) is 34.1 Å². The third-order valence-corrected chi connectivity index (χ3v) is 3.99. The molecule has 0 unspecified atom stereocenters. The van der Waals surface area contributed by atoms with Crippen molar-refractivity contribution >= 4 is 21.5 Å². The Balaban J connectivity index is 2.05. The maximum absolute atomic E-state index is 2.34. The van der Waals surface area contributed by atoms with E-state index in [1.54, 1.807) is 0 Å². The van der Waals surface area contributed by atoms with Gasteiger partial charge in [0.1, 0.15) is 0 Å². The molecule has 0 aromatic heterocycles. The van der Waals surface area contributed by atoms with E-state index in [2.05, 4.69) is 82.3 Å². The van der Waals surface area contributed by atoms with Gasteiger partial charge in [-0.1, -0.05) is 69.8 Å². The second kappa shape index (κ2) is 5.11. The van der Waals surface area contributed by atoms with E-state index < -0.39 is 0 Å². The average Bonchev–Trinajstić information content (AvgIpc) is 2.42. The Morgan fingerprint density at radius 3 is 1.95 bits per heavy atom. The number of hydrogen-bond donors (Lipinski definition) is 0. The minimum Gasteiger partial charge on any atom is -0.188 e. The van der Waals surface area contributed by atoms with Crippen LogP contribution in [0.25, 0.3) is 21.5 Å². The van der Waals surface area contributed by atoms with E-state index in [4.69, 9.17) is 0 Å². The first kappa shape index (κ1) is 14.0. The fraction of sp³-hybridized carbons (Fsp3) is 0.286. The Kier molecular flexibility index (Phi) is 3.41. The van der Waals surface area contributed by atoms with Crippen LogP contribution in [0, 0.1) is 11.3 Å². The van der Waals surface area contributed by atoms with E-state index in [9.17, 15) is 0 Å². The Morgan fingerprint density at radius 1 is 0.762 bits per heavy atom. The van der Waals surface area contributed by atoms with Crippen LogP contribution in [-0.4, -0.2) is 0 Å². The molecule has 0 saturated heterocycles. The van der Waals surface area contributed by atoms with E-state index >= 15 is 0 Å². The maximum Gasteiger partial charge on any atom is -0.0179 e. The smallest absolute Gasteiger partial charge is 0.0179 e. The van der Waals surface area contributed by atoms with Crippen LogP contribution in [-0.2, 0) is 0 Å². The van der Waals surface area contributed by atoms with Crippen LogP contribution in [0.2, 0.25) is 0 Å². The van der Waals surface area contributed by atoms with Crippen LogP contribution in [0.5, 0.6) is 0 Å². The summed E-state index contributed by atoms with van der Waals surface area (Å²) in [6.07, 6.45) is 1.13. The highest BCUT2D eigenvalue weighted by Gasteiger charge is 2.11. The lowest BCUT2D eigenvalue weighted by Gasteiger charge is -2.29. The van der Waals surface area contributed by atoms with Crippen molar-refractivity contribution in [2.24, 2.45) is 5.41 Å². The van der Waals surface area contributed by atoms with E-state index in [0.29, 0.717) is 5.41 Å². The fourth-order valence-electron chi connectivity index (χ4n) is 3.10. The van der Waals surface area contributed by atoms with Gasteiger partial charge in [-0.3, -0.25) is 0 Å². The van der Waals surface area contributed by atoms with Gasteiger partial charge in [-0.05, 0) is 27.6 Å². The van der Waals surface area contributed by atoms with Crippen LogP contribution in [0.15, 0.2) is 54.6 Å². The number of benzene rings is 3. The lowest BCUT2D eigenvalue weighted by atomic mass is 9.82. The van der Waals surface area contributed by atoms with Gasteiger partial charge in [-0.15, -0.1) is 6.07 Å². The zero-order valence-electron chi connectivity index (χ0n) is 13.4. The molecule has 0 bridgehead atoms. The van der Waals surface area contributed by atoms with Gasteiger partial charge in [-0.2, -0.15) is 23.6 Å². The van der Waals surface area contributed by atoms with Crippen molar-refractivity contribution in [3.8, 4) is 0 Å². The molecular weight excluding hydrogens is 252 g/mol. The van der Waals surface area contributed by atoms with Crippen LogP contribution in [0.4, 0.5) is 0 Å². The molecule has 0 nitrogen and oxygen atoms in total. The Hall–Kier alpha value is -1.95. The standard InChI is InChI=1S/C21H23/c1-15(14-21(2,3)4)16-9-10-19-12-17-7-5-6-8-18(17)13-20(19)11-16/h5-13H,14H2,1-4H3/q-1. The molecule has 0 radical (unpaired) electrons. The summed E-state index contributed by atoms with van der Waals surface area (Å²) >= 11 is 0. The Bertz CT molecular complexity index is 775. The molecule has 0 heterocycles. The van der Waals surface area contributed by atoms with Gasteiger partial charge in [0.05, 0.1) is 0 Å². The number of rotatable bonds is 2. The summed E-state index contributed by atoms with van der Waals surface area (Å²) in [5.41, 5.74) is 1.70. The van der Waals surface area contributed by atoms with Gasteiger partial charge in [0.15, 0.2) is 0 Å². The summed E-state index contributed by atoms with van der Waals surface area (Å²) < 4.78 is 0. The monoisotopic (exact) mass is 275 g/mol. The van der Waals surface area contributed by atoms with Crippen LogP contribution >= 0.6 is 0 Å². The highest BCUT2D eigenvalue weighted by molar-refractivity contribution is 5.98. The summed E-state index contributed by atoms with van der Waals surface area (Å²) in [6.45, 7) is 9.15. The zero-order valence-corrected chi connectivity index (χ0v) is 13.4. The van der Waals surface area contributed by atoms with Gasteiger partial charge < -0.3 is 0 Å². The molecule has 0 aliphatic heterocycles. The molecule has 21 heavy (non-hydrogen) atoms. The molecule has 0 spiro atoms. The van der Waals surface area contributed by atoms with Crippen molar-refractivity contribution < 1.29 is 0 Å². The third kappa shape index (κ3) is 3.05.